The Morgan fingerprint density at radius 2 is 1.69 bits per heavy atom. The van der Waals surface area contributed by atoms with Crippen LogP contribution in [0.25, 0.3) is 0 Å². The highest BCUT2D eigenvalue weighted by Crippen LogP contribution is 2.40. The standard InChI is InChI=1S/C28H27F4N3O/c29-23-8-4-5-9-25(23)34-14-15-35-24-11-10-21(28(30,31)32)16-20(24)17-22(26(35)18-34)27(36)33-13-12-19-6-2-1-3-7-19/h1-11,16,22,26H,12-15,17-18H2,(H,33,36)/t22-,26+/m1/s1. The molecule has 2 heterocycles. The van der Waals surface area contributed by atoms with Crippen LogP contribution in [0.5, 0.6) is 0 Å². The van der Waals surface area contributed by atoms with Gasteiger partial charge in [-0.1, -0.05) is 42.5 Å². The molecular weight excluding hydrogens is 470 g/mol. The van der Waals surface area contributed by atoms with Crippen LogP contribution in [0.3, 0.4) is 0 Å². The maximum atomic E-state index is 14.5. The number of hydrogen-bond donors (Lipinski definition) is 1. The SMILES string of the molecule is O=C(NCCc1ccccc1)[C@@H]1Cc2cc(C(F)(F)F)ccc2N2CCN(c3ccccc3F)C[C@@H]12. The van der Waals surface area contributed by atoms with Crippen LogP contribution in [0.4, 0.5) is 28.9 Å². The molecule has 0 radical (unpaired) electrons. The lowest BCUT2D eigenvalue weighted by molar-refractivity contribution is -0.137. The molecule has 0 aromatic heterocycles. The van der Waals surface area contributed by atoms with Crippen LogP contribution in [0, 0.1) is 11.7 Å². The highest BCUT2D eigenvalue weighted by Gasteiger charge is 2.43. The summed E-state index contributed by atoms with van der Waals surface area (Å²) in [5, 5.41) is 3.00. The number of para-hydroxylation sites is 1. The Kier molecular flexibility index (Phi) is 6.60. The molecule has 2 aliphatic heterocycles. The van der Waals surface area contributed by atoms with E-state index in [9.17, 15) is 22.4 Å². The maximum Gasteiger partial charge on any atom is 0.416 e. The van der Waals surface area contributed by atoms with Gasteiger partial charge >= 0.3 is 6.18 Å². The summed E-state index contributed by atoms with van der Waals surface area (Å²) in [4.78, 5) is 17.3. The number of alkyl halides is 3. The van der Waals surface area contributed by atoms with Gasteiger partial charge in [-0.15, -0.1) is 0 Å². The van der Waals surface area contributed by atoms with Gasteiger partial charge in [-0.25, -0.2) is 4.39 Å². The third kappa shape index (κ3) is 4.90. The Balaban J connectivity index is 1.41. The summed E-state index contributed by atoms with van der Waals surface area (Å²) in [5.41, 5.74) is 2.08. The topological polar surface area (TPSA) is 35.6 Å². The molecular formula is C28H27F4N3O. The monoisotopic (exact) mass is 497 g/mol. The summed E-state index contributed by atoms with van der Waals surface area (Å²) in [5.74, 6) is -1.09. The maximum absolute atomic E-state index is 14.5. The lowest BCUT2D eigenvalue weighted by Gasteiger charge is -2.49. The van der Waals surface area contributed by atoms with E-state index in [0.29, 0.717) is 43.9 Å². The van der Waals surface area contributed by atoms with Gasteiger partial charge < -0.3 is 15.1 Å². The number of carbonyl (C=O) groups is 1. The van der Waals surface area contributed by atoms with E-state index in [1.54, 1.807) is 18.2 Å². The minimum atomic E-state index is -4.46. The first kappa shape index (κ1) is 24.2. The lowest BCUT2D eigenvalue weighted by Crippen LogP contribution is -2.61. The predicted molar refractivity (Wildman–Crippen MR) is 132 cm³/mol. The molecule has 3 aromatic carbocycles. The summed E-state index contributed by atoms with van der Waals surface area (Å²) in [7, 11) is 0. The zero-order valence-electron chi connectivity index (χ0n) is 19.6. The van der Waals surface area contributed by atoms with Gasteiger partial charge in [-0.2, -0.15) is 13.2 Å². The van der Waals surface area contributed by atoms with Gasteiger partial charge in [0, 0.05) is 31.9 Å². The number of piperazine rings is 1. The summed E-state index contributed by atoms with van der Waals surface area (Å²) in [6.07, 6.45) is -3.60. The fourth-order valence-electron chi connectivity index (χ4n) is 5.33. The van der Waals surface area contributed by atoms with Crippen molar-refractivity contribution in [3.05, 3.63) is 95.3 Å². The smallest absolute Gasteiger partial charge is 0.365 e. The fourth-order valence-corrected chi connectivity index (χ4v) is 5.33. The van der Waals surface area contributed by atoms with Crippen molar-refractivity contribution in [3.8, 4) is 0 Å². The molecule has 5 rings (SSSR count). The predicted octanol–water partition coefficient (Wildman–Crippen LogP) is 5.07. The van der Waals surface area contributed by atoms with Crippen LogP contribution in [0.1, 0.15) is 16.7 Å². The van der Waals surface area contributed by atoms with Crippen molar-refractivity contribution >= 4 is 17.3 Å². The normalized spacial score (nSPS) is 19.4. The number of halogens is 4. The fraction of sp³-hybridized carbons (Fsp3) is 0.321. The Morgan fingerprint density at radius 1 is 0.944 bits per heavy atom. The van der Waals surface area contributed by atoms with Gasteiger partial charge in [0.15, 0.2) is 0 Å². The van der Waals surface area contributed by atoms with Crippen molar-refractivity contribution in [1.29, 1.82) is 0 Å². The second-order valence-electron chi connectivity index (χ2n) is 9.34. The summed E-state index contributed by atoms with van der Waals surface area (Å²) in [6, 6.07) is 19.8. The van der Waals surface area contributed by atoms with Crippen molar-refractivity contribution in [3.63, 3.8) is 0 Å². The Labute approximate surface area is 207 Å². The molecule has 0 bridgehead atoms. The van der Waals surface area contributed by atoms with Gasteiger partial charge in [0.05, 0.1) is 23.2 Å². The van der Waals surface area contributed by atoms with E-state index in [1.165, 1.54) is 18.2 Å². The highest BCUT2D eigenvalue weighted by atomic mass is 19.4. The van der Waals surface area contributed by atoms with E-state index >= 15 is 0 Å². The third-order valence-corrected chi connectivity index (χ3v) is 7.12. The largest absolute Gasteiger partial charge is 0.416 e. The van der Waals surface area contributed by atoms with Gasteiger partial charge in [-0.05, 0) is 54.3 Å². The number of hydrogen-bond acceptors (Lipinski definition) is 3. The van der Waals surface area contributed by atoms with E-state index < -0.39 is 17.7 Å². The molecule has 0 aliphatic carbocycles. The molecule has 2 atom stereocenters. The zero-order valence-corrected chi connectivity index (χ0v) is 19.6. The van der Waals surface area contributed by atoms with Crippen LogP contribution >= 0.6 is 0 Å². The molecule has 36 heavy (non-hydrogen) atoms. The van der Waals surface area contributed by atoms with E-state index in [-0.39, 0.29) is 24.2 Å². The first-order valence-electron chi connectivity index (χ1n) is 12.1. The second-order valence-corrected chi connectivity index (χ2v) is 9.34. The van der Waals surface area contributed by atoms with Crippen molar-refractivity contribution in [2.75, 3.05) is 36.0 Å². The number of fused-ring (bicyclic) bond motifs is 3. The quantitative estimate of drug-likeness (QED) is 0.500. The molecule has 1 amide bonds. The minimum absolute atomic E-state index is 0.195. The number of nitrogens with zero attached hydrogens (tertiary/aromatic N) is 2. The van der Waals surface area contributed by atoms with Crippen LogP contribution in [-0.4, -0.2) is 38.1 Å². The molecule has 0 unspecified atom stereocenters. The molecule has 1 fully saturated rings. The van der Waals surface area contributed by atoms with Crippen LogP contribution < -0.4 is 15.1 Å². The number of benzene rings is 3. The van der Waals surface area contributed by atoms with Gasteiger partial charge in [-0.3, -0.25) is 4.79 Å². The van der Waals surface area contributed by atoms with Crippen LogP contribution in [0.2, 0.25) is 0 Å². The first-order chi connectivity index (χ1) is 17.3. The zero-order chi connectivity index (χ0) is 25.3. The first-order valence-corrected chi connectivity index (χ1v) is 12.1. The van der Waals surface area contributed by atoms with Crippen molar-refractivity contribution < 1.29 is 22.4 Å². The highest BCUT2D eigenvalue weighted by molar-refractivity contribution is 5.82. The molecule has 0 spiro atoms. The van der Waals surface area contributed by atoms with Crippen molar-refractivity contribution in [1.82, 2.24) is 5.32 Å². The van der Waals surface area contributed by atoms with E-state index in [4.69, 9.17) is 0 Å². The molecule has 3 aromatic rings. The van der Waals surface area contributed by atoms with Gasteiger partial charge in [0.1, 0.15) is 5.82 Å². The third-order valence-electron chi connectivity index (χ3n) is 7.12. The van der Waals surface area contributed by atoms with Crippen LogP contribution in [-0.2, 0) is 23.8 Å². The van der Waals surface area contributed by atoms with Gasteiger partial charge in [0.25, 0.3) is 0 Å². The van der Waals surface area contributed by atoms with Crippen molar-refractivity contribution in [2.45, 2.75) is 25.1 Å². The Morgan fingerprint density at radius 3 is 2.44 bits per heavy atom. The summed E-state index contributed by atoms with van der Waals surface area (Å²) in [6.45, 7) is 1.81. The minimum Gasteiger partial charge on any atom is -0.365 e. The lowest BCUT2D eigenvalue weighted by atomic mass is 9.82. The summed E-state index contributed by atoms with van der Waals surface area (Å²) >= 11 is 0. The van der Waals surface area contributed by atoms with E-state index in [1.807, 2.05) is 40.1 Å². The Bertz CT molecular complexity index is 1230. The number of amides is 1. The van der Waals surface area contributed by atoms with Crippen molar-refractivity contribution in [2.24, 2.45) is 5.92 Å². The molecule has 188 valence electrons. The molecule has 8 heteroatoms. The number of nitrogens with one attached hydrogen (secondary N) is 1. The second kappa shape index (κ2) is 9.84. The molecule has 1 N–H and O–H groups in total. The van der Waals surface area contributed by atoms with E-state index in [0.717, 1.165) is 17.3 Å². The number of carbonyl (C=O) groups excluding carboxylic acids is 1. The van der Waals surface area contributed by atoms with Crippen LogP contribution in [0.15, 0.2) is 72.8 Å². The Hall–Kier alpha value is -3.55. The average Bonchev–Trinajstić information content (AvgIpc) is 2.88. The summed E-state index contributed by atoms with van der Waals surface area (Å²) < 4.78 is 54.8. The molecule has 2 aliphatic rings. The number of rotatable bonds is 5. The number of anilines is 2. The molecule has 0 saturated carbocycles. The molecule has 4 nitrogen and oxygen atoms in total. The van der Waals surface area contributed by atoms with Gasteiger partial charge in [0.2, 0.25) is 5.91 Å². The average molecular weight is 498 g/mol. The van der Waals surface area contributed by atoms with E-state index in [2.05, 4.69) is 5.32 Å². The molecule has 1 saturated heterocycles.